The second-order valence-electron chi connectivity index (χ2n) is 4.37. The van der Waals surface area contributed by atoms with Crippen LogP contribution in [0.5, 0.6) is 0 Å². The van der Waals surface area contributed by atoms with Crippen molar-refractivity contribution in [3.8, 4) is 0 Å². The summed E-state index contributed by atoms with van der Waals surface area (Å²) in [6, 6.07) is 3.32. The van der Waals surface area contributed by atoms with Gasteiger partial charge in [0, 0.05) is 11.4 Å². The molecular weight excluding hydrogens is 220 g/mol. The Morgan fingerprint density at radius 3 is 3.06 bits per heavy atom. The van der Waals surface area contributed by atoms with Gasteiger partial charge in [0.1, 0.15) is 6.04 Å². The molecule has 16 heavy (non-hydrogen) atoms. The minimum absolute atomic E-state index is 0.0572. The van der Waals surface area contributed by atoms with Gasteiger partial charge in [-0.25, -0.2) is 0 Å². The van der Waals surface area contributed by atoms with Crippen molar-refractivity contribution >= 4 is 17.2 Å². The molecule has 0 spiro atoms. The van der Waals surface area contributed by atoms with Crippen LogP contribution in [0.3, 0.4) is 0 Å². The molecule has 4 heteroatoms. The highest BCUT2D eigenvalue weighted by atomic mass is 32.1. The third kappa shape index (κ3) is 3.32. The van der Waals surface area contributed by atoms with Gasteiger partial charge in [-0.15, -0.1) is 11.3 Å². The second-order valence-corrected chi connectivity index (χ2v) is 5.35. The lowest BCUT2D eigenvalue weighted by Gasteiger charge is -2.10. The molecule has 0 saturated heterocycles. The zero-order valence-corrected chi connectivity index (χ0v) is 10.1. The van der Waals surface area contributed by atoms with E-state index >= 15 is 0 Å². The zero-order valence-electron chi connectivity index (χ0n) is 9.32. The van der Waals surface area contributed by atoms with Gasteiger partial charge < -0.3 is 11.1 Å². The maximum absolute atomic E-state index is 11.7. The SMILES string of the molecule is NC(C(=O)NCCCC1CC1)c1cccs1. The standard InChI is InChI=1S/C12H18N2OS/c13-11(10-4-2-8-16-10)12(15)14-7-1-3-9-5-6-9/h2,4,8-9,11H,1,3,5-7,13H2,(H,14,15). The van der Waals surface area contributed by atoms with Gasteiger partial charge in [-0.05, 0) is 30.2 Å². The molecule has 3 N–H and O–H groups in total. The highest BCUT2D eigenvalue weighted by Gasteiger charge is 2.20. The summed E-state index contributed by atoms with van der Waals surface area (Å²) >= 11 is 1.53. The van der Waals surface area contributed by atoms with E-state index in [9.17, 15) is 4.79 Å². The van der Waals surface area contributed by atoms with Crippen molar-refractivity contribution in [2.24, 2.45) is 11.7 Å². The molecule has 0 aromatic carbocycles. The first-order chi connectivity index (χ1) is 7.77. The van der Waals surface area contributed by atoms with Crippen LogP contribution in [0.4, 0.5) is 0 Å². The minimum atomic E-state index is -0.499. The summed E-state index contributed by atoms with van der Waals surface area (Å²) in [5.74, 6) is 0.876. The number of hydrogen-bond donors (Lipinski definition) is 2. The van der Waals surface area contributed by atoms with E-state index in [1.54, 1.807) is 0 Å². The number of nitrogens with one attached hydrogen (secondary N) is 1. The molecule has 88 valence electrons. The van der Waals surface area contributed by atoms with E-state index in [1.165, 1.54) is 30.6 Å². The average Bonchev–Trinajstić information content (AvgIpc) is 2.95. The maximum Gasteiger partial charge on any atom is 0.242 e. The number of carbonyl (C=O) groups excluding carboxylic acids is 1. The van der Waals surface area contributed by atoms with Crippen molar-refractivity contribution in [1.82, 2.24) is 5.32 Å². The van der Waals surface area contributed by atoms with Crippen LogP contribution in [-0.2, 0) is 4.79 Å². The largest absolute Gasteiger partial charge is 0.354 e. The van der Waals surface area contributed by atoms with Gasteiger partial charge in [0.05, 0.1) is 0 Å². The predicted molar refractivity (Wildman–Crippen MR) is 66.2 cm³/mol. The van der Waals surface area contributed by atoms with E-state index in [-0.39, 0.29) is 5.91 Å². The van der Waals surface area contributed by atoms with Gasteiger partial charge in [0.15, 0.2) is 0 Å². The van der Waals surface area contributed by atoms with Crippen LogP contribution >= 0.6 is 11.3 Å². The fourth-order valence-corrected chi connectivity index (χ4v) is 2.44. The van der Waals surface area contributed by atoms with Gasteiger partial charge in [-0.1, -0.05) is 18.9 Å². The Labute approximate surface area is 100 Å². The Morgan fingerprint density at radius 2 is 2.44 bits per heavy atom. The number of thiophene rings is 1. The molecule has 3 nitrogen and oxygen atoms in total. The molecule has 1 unspecified atom stereocenters. The first-order valence-electron chi connectivity index (χ1n) is 5.84. The molecule has 1 amide bonds. The molecule has 2 rings (SSSR count). The van der Waals surface area contributed by atoms with Crippen molar-refractivity contribution in [3.05, 3.63) is 22.4 Å². The summed E-state index contributed by atoms with van der Waals surface area (Å²) in [5, 5.41) is 4.84. The molecule has 1 atom stereocenters. The zero-order chi connectivity index (χ0) is 11.4. The van der Waals surface area contributed by atoms with Gasteiger partial charge in [0.25, 0.3) is 0 Å². The van der Waals surface area contributed by atoms with Crippen molar-refractivity contribution in [3.63, 3.8) is 0 Å². The van der Waals surface area contributed by atoms with E-state index in [1.807, 2.05) is 17.5 Å². The van der Waals surface area contributed by atoms with Crippen molar-refractivity contribution in [1.29, 1.82) is 0 Å². The summed E-state index contributed by atoms with van der Waals surface area (Å²) in [5.41, 5.74) is 5.84. The van der Waals surface area contributed by atoms with Crippen LogP contribution in [-0.4, -0.2) is 12.5 Å². The minimum Gasteiger partial charge on any atom is -0.354 e. The molecule has 1 aromatic heterocycles. The average molecular weight is 238 g/mol. The van der Waals surface area contributed by atoms with Gasteiger partial charge in [-0.3, -0.25) is 4.79 Å². The summed E-state index contributed by atoms with van der Waals surface area (Å²) in [7, 11) is 0. The Bertz CT molecular complexity index is 333. The van der Waals surface area contributed by atoms with E-state index in [0.717, 1.165) is 23.8 Å². The number of nitrogens with two attached hydrogens (primary N) is 1. The number of amides is 1. The van der Waals surface area contributed by atoms with Crippen LogP contribution in [0.25, 0.3) is 0 Å². The topological polar surface area (TPSA) is 55.1 Å². The molecule has 1 saturated carbocycles. The number of rotatable bonds is 6. The van der Waals surface area contributed by atoms with Crippen LogP contribution in [0.1, 0.15) is 36.6 Å². The molecule has 0 radical (unpaired) electrons. The van der Waals surface area contributed by atoms with Gasteiger partial charge >= 0.3 is 0 Å². The third-order valence-corrected chi connectivity index (χ3v) is 3.87. The molecular formula is C12H18N2OS. The molecule has 1 fully saturated rings. The number of carbonyl (C=O) groups is 1. The lowest BCUT2D eigenvalue weighted by atomic mass is 10.2. The summed E-state index contributed by atoms with van der Waals surface area (Å²) in [6.45, 7) is 0.758. The van der Waals surface area contributed by atoms with E-state index in [2.05, 4.69) is 5.32 Å². The Hall–Kier alpha value is -0.870. The lowest BCUT2D eigenvalue weighted by molar-refractivity contribution is -0.122. The third-order valence-electron chi connectivity index (χ3n) is 2.92. The van der Waals surface area contributed by atoms with Crippen molar-refractivity contribution in [2.45, 2.75) is 31.7 Å². The normalized spacial score (nSPS) is 17.1. The maximum atomic E-state index is 11.7. The first kappa shape index (κ1) is 11.6. The van der Waals surface area contributed by atoms with Crippen molar-refractivity contribution in [2.75, 3.05) is 6.54 Å². The van der Waals surface area contributed by atoms with Crippen molar-refractivity contribution < 1.29 is 4.79 Å². The van der Waals surface area contributed by atoms with E-state index < -0.39 is 6.04 Å². The monoisotopic (exact) mass is 238 g/mol. The quantitative estimate of drug-likeness (QED) is 0.745. The van der Waals surface area contributed by atoms with Crippen LogP contribution in [0.15, 0.2) is 17.5 Å². The van der Waals surface area contributed by atoms with E-state index in [0.29, 0.717) is 0 Å². The second kappa shape index (κ2) is 5.46. The van der Waals surface area contributed by atoms with E-state index in [4.69, 9.17) is 5.73 Å². The van der Waals surface area contributed by atoms with Crippen LogP contribution in [0, 0.1) is 5.92 Å². The Kier molecular flexibility index (Phi) is 3.96. The summed E-state index contributed by atoms with van der Waals surface area (Å²) in [4.78, 5) is 12.6. The highest BCUT2D eigenvalue weighted by Crippen LogP contribution is 2.33. The molecule has 0 aliphatic heterocycles. The highest BCUT2D eigenvalue weighted by molar-refractivity contribution is 7.10. The van der Waals surface area contributed by atoms with Crippen LogP contribution in [0.2, 0.25) is 0 Å². The fraction of sp³-hybridized carbons (Fsp3) is 0.583. The van der Waals surface area contributed by atoms with Gasteiger partial charge in [-0.2, -0.15) is 0 Å². The predicted octanol–water partition coefficient (Wildman–Crippen LogP) is 2.05. The number of hydrogen-bond acceptors (Lipinski definition) is 3. The van der Waals surface area contributed by atoms with Gasteiger partial charge in [0.2, 0.25) is 5.91 Å². The summed E-state index contributed by atoms with van der Waals surface area (Å²) < 4.78 is 0. The molecule has 1 heterocycles. The Morgan fingerprint density at radius 1 is 1.62 bits per heavy atom. The molecule has 1 aliphatic carbocycles. The molecule has 1 aliphatic rings. The summed E-state index contributed by atoms with van der Waals surface area (Å²) in [6.07, 6.45) is 5.08. The molecule has 0 bridgehead atoms. The first-order valence-corrected chi connectivity index (χ1v) is 6.72. The smallest absolute Gasteiger partial charge is 0.242 e. The molecule has 1 aromatic rings. The van der Waals surface area contributed by atoms with Crippen LogP contribution < -0.4 is 11.1 Å². The fourth-order valence-electron chi connectivity index (χ4n) is 1.72. The lowest BCUT2D eigenvalue weighted by Crippen LogP contribution is -2.34. The Balaban J connectivity index is 1.66.